The van der Waals surface area contributed by atoms with Gasteiger partial charge in [-0.15, -0.1) is 0 Å². The molecule has 2 aliphatic rings. The van der Waals surface area contributed by atoms with Gasteiger partial charge in [-0.05, 0) is 37.7 Å². The maximum atomic E-state index is 11.7. The maximum Gasteiger partial charge on any atom is 0.336 e. The zero-order chi connectivity index (χ0) is 16.9. The van der Waals surface area contributed by atoms with E-state index in [-0.39, 0.29) is 12.1 Å². The number of nitrogens with one attached hydrogen (secondary N) is 1. The van der Waals surface area contributed by atoms with Crippen LogP contribution in [0.25, 0.3) is 11.0 Å². The number of anilines is 1. The number of rotatable bonds is 6. The lowest BCUT2D eigenvalue weighted by Crippen LogP contribution is -2.55. The second kappa shape index (κ2) is 5.68. The molecular formula is C15H21N5O3S. The van der Waals surface area contributed by atoms with Crippen molar-refractivity contribution in [2.75, 3.05) is 18.5 Å². The van der Waals surface area contributed by atoms with E-state index in [9.17, 15) is 13.0 Å². The molecule has 2 N–H and O–H groups in total. The van der Waals surface area contributed by atoms with Crippen LogP contribution in [0, 0.1) is 5.92 Å². The lowest BCUT2D eigenvalue weighted by atomic mass is 9.85. The summed E-state index contributed by atoms with van der Waals surface area (Å²) in [6.45, 7) is 0.440. The van der Waals surface area contributed by atoms with Crippen molar-refractivity contribution in [3.8, 4) is 0 Å². The van der Waals surface area contributed by atoms with Gasteiger partial charge in [-0.2, -0.15) is 12.7 Å². The van der Waals surface area contributed by atoms with Gasteiger partial charge in [0.15, 0.2) is 0 Å². The van der Waals surface area contributed by atoms with Crippen LogP contribution in [0.1, 0.15) is 25.7 Å². The highest BCUT2D eigenvalue weighted by atomic mass is 32.2. The Morgan fingerprint density at radius 2 is 2.04 bits per heavy atom. The Kier molecular flexibility index (Phi) is 3.74. The van der Waals surface area contributed by atoms with Crippen molar-refractivity contribution in [3.63, 3.8) is 0 Å². The lowest BCUT2D eigenvalue weighted by molar-refractivity contribution is 0.171. The summed E-state index contributed by atoms with van der Waals surface area (Å²) >= 11 is 0. The van der Waals surface area contributed by atoms with E-state index in [1.165, 1.54) is 10.6 Å². The van der Waals surface area contributed by atoms with Gasteiger partial charge in [0, 0.05) is 31.9 Å². The Balaban J connectivity index is 1.47. The molecule has 0 radical (unpaired) electrons. The van der Waals surface area contributed by atoms with Crippen molar-refractivity contribution in [2.24, 2.45) is 5.92 Å². The highest BCUT2D eigenvalue weighted by Gasteiger charge is 2.43. The fourth-order valence-corrected chi connectivity index (χ4v) is 4.36. The molecule has 2 saturated carbocycles. The Hall–Kier alpha value is -1.71. The summed E-state index contributed by atoms with van der Waals surface area (Å²) in [5, 5.41) is 0.952. The fourth-order valence-electron chi connectivity index (χ4n) is 3.41. The monoisotopic (exact) mass is 351 g/mol. The molecule has 0 atom stereocenters. The third-order valence-corrected chi connectivity index (χ3v) is 6.18. The molecule has 0 amide bonds. The van der Waals surface area contributed by atoms with Gasteiger partial charge in [0.1, 0.15) is 17.8 Å². The zero-order valence-corrected chi connectivity index (χ0v) is 14.3. The molecule has 0 saturated heterocycles. The van der Waals surface area contributed by atoms with E-state index in [1.54, 1.807) is 0 Å². The Labute approximate surface area is 140 Å². The Morgan fingerprint density at radius 1 is 1.29 bits per heavy atom. The van der Waals surface area contributed by atoms with Crippen LogP contribution in [0.4, 0.5) is 5.82 Å². The van der Waals surface area contributed by atoms with E-state index in [1.807, 2.05) is 19.3 Å². The molecule has 2 fully saturated rings. The number of H-pyrrole nitrogens is 1. The van der Waals surface area contributed by atoms with E-state index < -0.39 is 10.3 Å². The molecule has 0 bridgehead atoms. The van der Waals surface area contributed by atoms with E-state index in [0.717, 1.165) is 29.7 Å². The number of hydrogen-bond donors (Lipinski definition) is 2. The molecule has 2 aromatic heterocycles. The Morgan fingerprint density at radius 3 is 2.71 bits per heavy atom. The van der Waals surface area contributed by atoms with Crippen LogP contribution < -0.4 is 4.90 Å². The van der Waals surface area contributed by atoms with Crippen LogP contribution >= 0.6 is 0 Å². The van der Waals surface area contributed by atoms with Crippen LogP contribution in [0.15, 0.2) is 18.6 Å². The van der Waals surface area contributed by atoms with Crippen LogP contribution in [0.5, 0.6) is 0 Å². The standard InChI is InChI=1S/C15H21N5O3S/c1-19(15-13-4-5-16-14(13)17-9-18-15)11-6-12(7-11)20(24(21,22)23)8-10-2-3-10/h4-5,9-12H,2-3,6-8H2,1H3,(H,16,17,18)(H,21,22,23)/t11-,12+. The van der Waals surface area contributed by atoms with Crippen molar-refractivity contribution >= 4 is 27.2 Å². The molecule has 4 rings (SSSR count). The van der Waals surface area contributed by atoms with Crippen LogP contribution in [-0.2, 0) is 10.3 Å². The molecule has 0 spiro atoms. The number of aromatic amines is 1. The van der Waals surface area contributed by atoms with Crippen molar-refractivity contribution in [3.05, 3.63) is 18.6 Å². The van der Waals surface area contributed by atoms with Gasteiger partial charge in [0.05, 0.1) is 5.39 Å². The summed E-state index contributed by atoms with van der Waals surface area (Å²) < 4.78 is 34.1. The number of fused-ring (bicyclic) bond motifs is 1. The smallest absolute Gasteiger partial charge is 0.336 e. The molecule has 2 aliphatic carbocycles. The molecule has 2 aromatic rings. The van der Waals surface area contributed by atoms with Crippen LogP contribution in [0.2, 0.25) is 0 Å². The minimum Gasteiger partial charge on any atom is -0.356 e. The van der Waals surface area contributed by atoms with Gasteiger partial charge in [0.25, 0.3) is 0 Å². The van der Waals surface area contributed by atoms with Gasteiger partial charge in [0.2, 0.25) is 0 Å². The lowest BCUT2D eigenvalue weighted by Gasteiger charge is -2.45. The molecule has 0 unspecified atom stereocenters. The SMILES string of the molecule is CN(c1ncnc2[nH]ccc12)[C@H]1C[C@@H](N(CC2CC2)S(=O)(=O)O)C1. The first-order valence-corrected chi connectivity index (χ1v) is 9.58. The molecule has 0 aromatic carbocycles. The summed E-state index contributed by atoms with van der Waals surface area (Å²) in [6, 6.07) is 2.01. The van der Waals surface area contributed by atoms with Gasteiger partial charge in [-0.25, -0.2) is 9.97 Å². The van der Waals surface area contributed by atoms with Crippen LogP contribution in [0.3, 0.4) is 0 Å². The van der Waals surface area contributed by atoms with E-state index >= 15 is 0 Å². The average molecular weight is 351 g/mol. The van der Waals surface area contributed by atoms with Gasteiger partial charge in [-0.3, -0.25) is 4.55 Å². The van der Waals surface area contributed by atoms with Gasteiger partial charge < -0.3 is 9.88 Å². The maximum absolute atomic E-state index is 11.7. The first-order valence-electron chi connectivity index (χ1n) is 8.18. The first-order chi connectivity index (χ1) is 11.4. The molecular weight excluding hydrogens is 330 g/mol. The largest absolute Gasteiger partial charge is 0.356 e. The van der Waals surface area contributed by atoms with Crippen molar-refractivity contribution < 1.29 is 13.0 Å². The van der Waals surface area contributed by atoms with Crippen molar-refractivity contribution in [1.29, 1.82) is 0 Å². The zero-order valence-electron chi connectivity index (χ0n) is 13.5. The summed E-state index contributed by atoms with van der Waals surface area (Å²) in [5.74, 6) is 1.25. The summed E-state index contributed by atoms with van der Waals surface area (Å²) in [6.07, 6.45) is 6.84. The van der Waals surface area contributed by atoms with E-state index in [0.29, 0.717) is 25.3 Å². The molecule has 0 aliphatic heterocycles. The second-order valence-electron chi connectivity index (χ2n) is 6.82. The third-order valence-electron chi connectivity index (χ3n) is 5.14. The molecule has 24 heavy (non-hydrogen) atoms. The molecule has 2 heterocycles. The predicted octanol–water partition coefficient (Wildman–Crippen LogP) is 1.44. The number of nitrogens with zero attached hydrogens (tertiary/aromatic N) is 4. The van der Waals surface area contributed by atoms with Crippen molar-refractivity contribution in [2.45, 2.75) is 37.8 Å². The molecule has 9 heteroatoms. The molecule has 8 nitrogen and oxygen atoms in total. The quantitative estimate of drug-likeness (QED) is 0.764. The predicted molar refractivity (Wildman–Crippen MR) is 90.1 cm³/mol. The number of hydrogen-bond acceptors (Lipinski definition) is 5. The normalized spacial score (nSPS) is 24.3. The first kappa shape index (κ1) is 15.8. The minimum absolute atomic E-state index is 0.128. The summed E-state index contributed by atoms with van der Waals surface area (Å²) in [7, 11) is -2.17. The summed E-state index contributed by atoms with van der Waals surface area (Å²) in [5.41, 5.74) is 0.788. The van der Waals surface area contributed by atoms with Crippen LogP contribution in [-0.4, -0.2) is 57.9 Å². The highest BCUT2D eigenvalue weighted by molar-refractivity contribution is 7.83. The van der Waals surface area contributed by atoms with E-state index in [2.05, 4.69) is 19.9 Å². The van der Waals surface area contributed by atoms with Gasteiger partial charge in [-0.1, -0.05) is 0 Å². The minimum atomic E-state index is -4.14. The Bertz CT molecular complexity index is 842. The number of aromatic nitrogens is 3. The van der Waals surface area contributed by atoms with Gasteiger partial charge >= 0.3 is 10.3 Å². The topological polar surface area (TPSA) is 102 Å². The van der Waals surface area contributed by atoms with Crippen molar-refractivity contribution in [1.82, 2.24) is 19.3 Å². The summed E-state index contributed by atoms with van der Waals surface area (Å²) in [4.78, 5) is 13.7. The fraction of sp³-hybridized carbons (Fsp3) is 0.600. The second-order valence-corrected chi connectivity index (χ2v) is 8.18. The average Bonchev–Trinajstić information content (AvgIpc) is 3.17. The van der Waals surface area contributed by atoms with E-state index in [4.69, 9.17) is 0 Å². The highest BCUT2D eigenvalue weighted by Crippen LogP contribution is 2.37. The molecule has 130 valence electrons. The third kappa shape index (κ3) is 2.87.